The first kappa shape index (κ1) is 28.1. The van der Waals surface area contributed by atoms with Gasteiger partial charge in [-0.25, -0.2) is 4.79 Å². The van der Waals surface area contributed by atoms with Crippen LogP contribution < -0.4 is 25.6 Å². The van der Waals surface area contributed by atoms with Crippen molar-refractivity contribution in [1.82, 2.24) is 16.2 Å². The summed E-state index contributed by atoms with van der Waals surface area (Å²) in [6.07, 6.45) is 0.924. The normalized spacial score (nSPS) is 10.3. The van der Waals surface area contributed by atoms with Crippen LogP contribution in [0.2, 0.25) is 0 Å². The number of halogens is 1. The van der Waals surface area contributed by atoms with Gasteiger partial charge in [0.2, 0.25) is 0 Å². The van der Waals surface area contributed by atoms with Crippen LogP contribution in [0.5, 0.6) is 11.5 Å². The van der Waals surface area contributed by atoms with Crippen molar-refractivity contribution in [2.24, 2.45) is 5.92 Å². The van der Waals surface area contributed by atoms with Gasteiger partial charge in [-0.2, -0.15) is 0 Å². The van der Waals surface area contributed by atoms with E-state index in [-0.39, 0.29) is 18.3 Å². The zero-order valence-corrected chi connectivity index (χ0v) is 22.1. The number of amides is 2. The van der Waals surface area contributed by atoms with Crippen molar-refractivity contribution in [3.8, 4) is 11.5 Å². The number of benzene rings is 2. The molecule has 0 aliphatic rings. The highest BCUT2D eigenvalue weighted by atomic mass is 79.9. The average Bonchev–Trinajstić information content (AvgIpc) is 2.82. The van der Waals surface area contributed by atoms with E-state index < -0.39 is 17.8 Å². The summed E-state index contributed by atoms with van der Waals surface area (Å²) in [7, 11) is 0. The van der Waals surface area contributed by atoms with Crippen LogP contribution >= 0.6 is 28.1 Å². The van der Waals surface area contributed by atoms with Gasteiger partial charge in [-0.1, -0.05) is 13.8 Å². The fourth-order valence-corrected chi connectivity index (χ4v) is 3.22. The maximum Gasteiger partial charge on any atom is 0.338 e. The monoisotopic (exact) mass is 565 g/mol. The van der Waals surface area contributed by atoms with Crippen molar-refractivity contribution in [3.63, 3.8) is 0 Å². The van der Waals surface area contributed by atoms with E-state index in [1.807, 2.05) is 0 Å². The number of hydrazine groups is 1. The molecule has 0 aliphatic heterocycles. The Balaban J connectivity index is 1.74. The lowest BCUT2D eigenvalue weighted by Crippen LogP contribution is -2.49. The van der Waals surface area contributed by atoms with E-state index in [1.54, 1.807) is 37.3 Å². The molecule has 2 amide bonds. The van der Waals surface area contributed by atoms with Gasteiger partial charge in [-0.15, -0.1) is 0 Å². The molecule has 2 rings (SSSR count). The van der Waals surface area contributed by atoms with Gasteiger partial charge in [-0.3, -0.25) is 25.8 Å². The highest BCUT2D eigenvalue weighted by Crippen LogP contribution is 2.26. The number of rotatable bonds is 10. The van der Waals surface area contributed by atoms with Crippen molar-refractivity contribution in [3.05, 3.63) is 58.1 Å². The van der Waals surface area contributed by atoms with Crippen molar-refractivity contribution in [1.29, 1.82) is 0 Å². The number of hydrogen-bond donors (Lipinski definition) is 3. The third kappa shape index (κ3) is 9.91. The fourth-order valence-electron chi connectivity index (χ4n) is 2.58. The number of esters is 1. The predicted octanol–water partition coefficient (Wildman–Crippen LogP) is 3.77. The summed E-state index contributed by atoms with van der Waals surface area (Å²) in [6, 6.07) is 11.1. The summed E-state index contributed by atoms with van der Waals surface area (Å²) in [5.41, 5.74) is 5.52. The van der Waals surface area contributed by atoms with Crippen LogP contribution in [-0.4, -0.2) is 42.7 Å². The molecule has 0 aromatic heterocycles. The van der Waals surface area contributed by atoms with Crippen LogP contribution in [0.3, 0.4) is 0 Å². The van der Waals surface area contributed by atoms with E-state index in [0.29, 0.717) is 39.6 Å². The topological polar surface area (TPSA) is 115 Å². The quantitative estimate of drug-likeness (QED) is 0.226. The third-order valence-electron chi connectivity index (χ3n) is 4.42. The Morgan fingerprint density at radius 1 is 1.00 bits per heavy atom. The molecule has 188 valence electrons. The molecule has 9 nitrogen and oxygen atoms in total. The summed E-state index contributed by atoms with van der Waals surface area (Å²) >= 11 is 8.45. The zero-order valence-electron chi connectivity index (χ0n) is 19.7. The van der Waals surface area contributed by atoms with Crippen LogP contribution in [0.1, 0.15) is 47.9 Å². The van der Waals surface area contributed by atoms with Crippen LogP contribution in [0.4, 0.5) is 0 Å². The number of nitrogens with one attached hydrogen (secondary N) is 3. The molecule has 35 heavy (non-hydrogen) atoms. The first-order valence-electron chi connectivity index (χ1n) is 10.9. The molecule has 0 heterocycles. The minimum absolute atomic E-state index is 0.0875. The minimum Gasteiger partial charge on any atom is -0.492 e. The largest absolute Gasteiger partial charge is 0.492 e. The van der Waals surface area contributed by atoms with E-state index in [2.05, 4.69) is 45.9 Å². The Kier molecular flexibility index (Phi) is 11.4. The van der Waals surface area contributed by atoms with Gasteiger partial charge in [0.25, 0.3) is 11.8 Å². The molecule has 0 spiro atoms. The van der Waals surface area contributed by atoms with E-state index >= 15 is 0 Å². The lowest BCUT2D eigenvalue weighted by Gasteiger charge is -2.13. The van der Waals surface area contributed by atoms with E-state index in [9.17, 15) is 14.4 Å². The Morgan fingerprint density at radius 3 is 2.31 bits per heavy atom. The number of carbonyl (C=O) groups excluding carboxylic acids is 3. The molecule has 0 saturated carbocycles. The molecule has 3 N–H and O–H groups in total. The Hall–Kier alpha value is -3.18. The molecule has 2 aromatic carbocycles. The van der Waals surface area contributed by atoms with Gasteiger partial charge in [-0.05, 0) is 89.9 Å². The second kappa shape index (κ2) is 14.3. The van der Waals surface area contributed by atoms with Crippen molar-refractivity contribution in [2.75, 3.05) is 19.8 Å². The predicted molar refractivity (Wildman–Crippen MR) is 138 cm³/mol. The smallest absolute Gasteiger partial charge is 0.338 e. The summed E-state index contributed by atoms with van der Waals surface area (Å²) in [5, 5.41) is 2.39. The van der Waals surface area contributed by atoms with Gasteiger partial charge in [0.05, 0.1) is 23.2 Å². The lowest BCUT2D eigenvalue weighted by atomic mass is 10.1. The number of ether oxygens (including phenoxy) is 3. The van der Waals surface area contributed by atoms with E-state index in [1.165, 1.54) is 12.1 Å². The Bertz CT molecular complexity index is 1050. The van der Waals surface area contributed by atoms with Gasteiger partial charge in [0.15, 0.2) is 11.7 Å². The first-order chi connectivity index (χ1) is 16.7. The summed E-state index contributed by atoms with van der Waals surface area (Å²) < 4.78 is 16.6. The molecule has 0 bridgehead atoms. The van der Waals surface area contributed by atoms with Gasteiger partial charge in [0.1, 0.15) is 11.5 Å². The van der Waals surface area contributed by atoms with E-state index in [0.717, 1.165) is 6.42 Å². The molecule has 0 unspecified atom stereocenters. The molecule has 0 radical (unpaired) electrons. The maximum atomic E-state index is 12.4. The second-order valence-corrected chi connectivity index (χ2v) is 8.93. The average molecular weight is 566 g/mol. The molecule has 0 saturated heterocycles. The summed E-state index contributed by atoms with van der Waals surface area (Å²) in [5.74, 6) is 0.154. The van der Waals surface area contributed by atoms with Gasteiger partial charge >= 0.3 is 5.97 Å². The maximum absolute atomic E-state index is 12.4. The summed E-state index contributed by atoms with van der Waals surface area (Å²) in [4.78, 5) is 36.0. The molecule has 0 atom stereocenters. The number of carbonyl (C=O) groups is 3. The standard InChI is InChI=1S/C24H28BrN3O6S/c1-4-32-23(31)16-5-8-18(9-6-16)34-14-21(29)27-28-24(35)26-22(30)17-7-10-20(19(25)13-17)33-12-11-15(2)3/h5-10,13,15H,4,11-12,14H2,1-3H3,(H,27,29)(H2,26,28,30,35). The summed E-state index contributed by atoms with van der Waals surface area (Å²) in [6.45, 7) is 6.51. The first-order valence-corrected chi connectivity index (χ1v) is 12.1. The minimum atomic E-state index is -0.526. The molecule has 0 aliphatic carbocycles. The van der Waals surface area contributed by atoms with E-state index in [4.69, 9.17) is 26.4 Å². The third-order valence-corrected chi connectivity index (χ3v) is 5.25. The Morgan fingerprint density at radius 2 is 1.69 bits per heavy atom. The zero-order chi connectivity index (χ0) is 25.8. The van der Waals surface area contributed by atoms with Crippen molar-refractivity contribution < 1.29 is 28.6 Å². The molecule has 11 heteroatoms. The van der Waals surface area contributed by atoms with Crippen LogP contribution in [-0.2, 0) is 9.53 Å². The second-order valence-electron chi connectivity index (χ2n) is 7.67. The highest BCUT2D eigenvalue weighted by molar-refractivity contribution is 9.10. The molecule has 0 fully saturated rings. The molecule has 2 aromatic rings. The van der Waals surface area contributed by atoms with Crippen molar-refractivity contribution in [2.45, 2.75) is 27.2 Å². The highest BCUT2D eigenvalue weighted by Gasteiger charge is 2.12. The number of thiocarbonyl (C=S) groups is 1. The van der Waals surface area contributed by atoms with Gasteiger partial charge < -0.3 is 14.2 Å². The number of hydrogen-bond acceptors (Lipinski definition) is 7. The Labute approximate surface area is 218 Å². The lowest BCUT2D eigenvalue weighted by molar-refractivity contribution is -0.123. The fraction of sp³-hybridized carbons (Fsp3) is 0.333. The van der Waals surface area contributed by atoms with Gasteiger partial charge in [0, 0.05) is 5.56 Å². The SMILES string of the molecule is CCOC(=O)c1ccc(OCC(=O)NNC(=S)NC(=O)c2ccc(OCCC(C)C)c(Br)c2)cc1. The molecular formula is C24H28BrN3O6S. The van der Waals surface area contributed by atoms with Crippen molar-refractivity contribution >= 4 is 51.0 Å². The van der Waals surface area contributed by atoms with Crippen LogP contribution in [0.25, 0.3) is 0 Å². The molecular weight excluding hydrogens is 538 g/mol. The van der Waals surface area contributed by atoms with Crippen LogP contribution in [0, 0.1) is 5.92 Å². The van der Waals surface area contributed by atoms with Crippen LogP contribution in [0.15, 0.2) is 46.9 Å².